The molecule has 6 nitrogen and oxygen atoms in total. The van der Waals surface area contributed by atoms with Crippen LogP contribution in [0.4, 0.5) is 0 Å². The average molecular weight is 307 g/mol. The first-order chi connectivity index (χ1) is 10.1. The number of aliphatic hydroxyl groups is 1. The Morgan fingerprint density at radius 3 is 3.10 bits per heavy atom. The summed E-state index contributed by atoms with van der Waals surface area (Å²) in [5.74, 6) is 2.43. The van der Waals surface area contributed by atoms with E-state index in [1.807, 2.05) is 24.3 Å². The van der Waals surface area contributed by atoms with Crippen LogP contribution in [0.1, 0.15) is 24.7 Å². The van der Waals surface area contributed by atoms with Crippen molar-refractivity contribution in [2.75, 3.05) is 12.3 Å². The molecule has 2 heterocycles. The summed E-state index contributed by atoms with van der Waals surface area (Å²) in [6, 6.07) is 7.86. The molecule has 2 atom stereocenters. The van der Waals surface area contributed by atoms with Crippen LogP contribution in [-0.2, 0) is 6.42 Å². The van der Waals surface area contributed by atoms with E-state index in [0.29, 0.717) is 11.7 Å². The number of nitrogens with zero attached hydrogens (tertiary/aromatic N) is 2. The smallest absolute Gasteiger partial charge is 0.229 e. The highest BCUT2D eigenvalue weighted by Gasteiger charge is 2.28. The van der Waals surface area contributed by atoms with Crippen LogP contribution in [0.3, 0.4) is 0 Å². The molecule has 0 amide bonds. The van der Waals surface area contributed by atoms with Crippen LogP contribution in [-0.4, -0.2) is 33.1 Å². The molecule has 7 heteroatoms. The van der Waals surface area contributed by atoms with Gasteiger partial charge in [-0.25, -0.2) is 0 Å². The fraction of sp³-hybridized carbons (Fsp3) is 0.429. The van der Waals surface area contributed by atoms with Gasteiger partial charge >= 0.3 is 0 Å². The van der Waals surface area contributed by atoms with Crippen LogP contribution in [0.2, 0.25) is 0 Å². The predicted molar refractivity (Wildman–Crippen MR) is 78.2 cm³/mol. The molecule has 112 valence electrons. The lowest BCUT2D eigenvalue weighted by Gasteiger charge is -2.23. The van der Waals surface area contributed by atoms with Crippen LogP contribution in [0.5, 0.6) is 5.75 Å². The summed E-state index contributed by atoms with van der Waals surface area (Å²) in [5.41, 5.74) is 4.45. The lowest BCUT2D eigenvalue weighted by Crippen LogP contribution is -2.36. The third-order valence-electron chi connectivity index (χ3n) is 3.25. The largest absolute Gasteiger partial charge is 0.480 e. The van der Waals surface area contributed by atoms with Gasteiger partial charge in [-0.2, -0.15) is 4.98 Å². The van der Waals surface area contributed by atoms with E-state index in [0.717, 1.165) is 16.4 Å². The molecule has 1 aliphatic rings. The van der Waals surface area contributed by atoms with Crippen LogP contribution in [0.15, 0.2) is 33.7 Å². The zero-order chi connectivity index (χ0) is 14.9. The van der Waals surface area contributed by atoms with Gasteiger partial charge < -0.3 is 20.1 Å². The highest BCUT2D eigenvalue weighted by atomic mass is 32.2. The van der Waals surface area contributed by atoms with Gasteiger partial charge in [-0.1, -0.05) is 17.3 Å². The van der Waals surface area contributed by atoms with Crippen LogP contribution < -0.4 is 10.5 Å². The molecule has 0 saturated heterocycles. The van der Waals surface area contributed by atoms with Crippen molar-refractivity contribution in [3.8, 4) is 5.75 Å². The molecule has 0 bridgehead atoms. The molecule has 3 N–H and O–H groups in total. The Labute approximate surface area is 126 Å². The minimum atomic E-state index is -1.04. The summed E-state index contributed by atoms with van der Waals surface area (Å²) in [4.78, 5) is 5.42. The number of thioether (sulfide) groups is 1. The molecular formula is C14H17N3O3S. The molecule has 1 aromatic carbocycles. The molecule has 0 radical (unpaired) electrons. The Hall–Kier alpha value is -1.57. The van der Waals surface area contributed by atoms with Crippen molar-refractivity contribution in [3.05, 3.63) is 36.0 Å². The van der Waals surface area contributed by atoms with Crippen molar-refractivity contribution >= 4 is 11.8 Å². The maximum absolute atomic E-state index is 9.94. The predicted octanol–water partition coefficient (Wildman–Crippen LogP) is 1.55. The topological polar surface area (TPSA) is 94.4 Å². The molecular weight excluding hydrogens is 290 g/mol. The summed E-state index contributed by atoms with van der Waals surface area (Å²) in [6.45, 7) is 1.77. The number of fused-ring (bicyclic) bond motifs is 1. The Morgan fingerprint density at radius 1 is 1.48 bits per heavy atom. The van der Waals surface area contributed by atoms with Crippen molar-refractivity contribution in [1.82, 2.24) is 10.1 Å². The molecule has 0 fully saturated rings. The molecule has 2 unspecified atom stereocenters. The van der Waals surface area contributed by atoms with Crippen molar-refractivity contribution < 1.29 is 14.4 Å². The van der Waals surface area contributed by atoms with E-state index in [2.05, 4.69) is 10.1 Å². The summed E-state index contributed by atoms with van der Waals surface area (Å²) in [5, 5.41) is 13.9. The van der Waals surface area contributed by atoms with Gasteiger partial charge in [-0.05, 0) is 19.1 Å². The SMILES string of the molecule is CC(O)(CN)Cc1nc(C2CSc3ccccc3O2)no1. The van der Waals surface area contributed by atoms with Crippen molar-refractivity contribution in [3.63, 3.8) is 0 Å². The highest BCUT2D eigenvalue weighted by Crippen LogP contribution is 2.39. The molecule has 0 saturated carbocycles. The fourth-order valence-electron chi connectivity index (χ4n) is 2.02. The number of para-hydroxylation sites is 1. The second-order valence-corrected chi connectivity index (χ2v) is 6.35. The van der Waals surface area contributed by atoms with Crippen molar-refractivity contribution in [2.24, 2.45) is 5.73 Å². The number of rotatable bonds is 4. The van der Waals surface area contributed by atoms with E-state index in [4.69, 9.17) is 15.0 Å². The van der Waals surface area contributed by atoms with Gasteiger partial charge in [-0.3, -0.25) is 0 Å². The first kappa shape index (κ1) is 14.4. The van der Waals surface area contributed by atoms with E-state index >= 15 is 0 Å². The zero-order valence-electron chi connectivity index (χ0n) is 11.7. The Kier molecular flexibility index (Phi) is 3.88. The van der Waals surface area contributed by atoms with Gasteiger partial charge in [0.15, 0.2) is 6.10 Å². The van der Waals surface area contributed by atoms with Gasteiger partial charge in [0.25, 0.3) is 0 Å². The molecule has 0 spiro atoms. The maximum Gasteiger partial charge on any atom is 0.229 e. The third kappa shape index (κ3) is 3.20. The average Bonchev–Trinajstić information content (AvgIpc) is 2.94. The van der Waals surface area contributed by atoms with Gasteiger partial charge in [-0.15, -0.1) is 11.8 Å². The summed E-state index contributed by atoms with van der Waals surface area (Å²) >= 11 is 1.70. The Bertz CT molecular complexity index is 629. The standard InChI is InChI=1S/C14H17N3O3S/c1-14(18,8-15)6-12-16-13(17-20-12)10-7-21-11-5-3-2-4-9(11)19-10/h2-5,10,18H,6-8,15H2,1H3. The van der Waals surface area contributed by atoms with E-state index in [9.17, 15) is 5.11 Å². The molecule has 3 rings (SSSR count). The second-order valence-electron chi connectivity index (χ2n) is 5.29. The number of hydrogen-bond donors (Lipinski definition) is 2. The molecule has 0 aliphatic carbocycles. The van der Waals surface area contributed by atoms with Gasteiger partial charge in [0.2, 0.25) is 11.7 Å². The van der Waals surface area contributed by atoms with Crippen LogP contribution in [0.25, 0.3) is 0 Å². The minimum absolute atomic E-state index is 0.133. The first-order valence-electron chi connectivity index (χ1n) is 6.71. The first-order valence-corrected chi connectivity index (χ1v) is 7.69. The maximum atomic E-state index is 9.94. The number of ether oxygens (including phenoxy) is 1. The molecule has 1 aliphatic heterocycles. The van der Waals surface area contributed by atoms with Crippen LogP contribution in [0, 0.1) is 0 Å². The number of nitrogens with two attached hydrogens (primary N) is 1. The second kappa shape index (κ2) is 5.67. The number of benzene rings is 1. The van der Waals surface area contributed by atoms with E-state index in [-0.39, 0.29) is 19.1 Å². The highest BCUT2D eigenvalue weighted by molar-refractivity contribution is 7.99. The number of hydrogen-bond acceptors (Lipinski definition) is 7. The van der Waals surface area contributed by atoms with E-state index in [1.54, 1.807) is 18.7 Å². The third-order valence-corrected chi connectivity index (χ3v) is 4.37. The monoisotopic (exact) mass is 307 g/mol. The molecule has 21 heavy (non-hydrogen) atoms. The Balaban J connectivity index is 1.73. The summed E-state index contributed by atoms with van der Waals surface area (Å²) < 4.78 is 11.1. The van der Waals surface area contributed by atoms with E-state index < -0.39 is 5.60 Å². The van der Waals surface area contributed by atoms with Crippen LogP contribution >= 0.6 is 11.8 Å². The lowest BCUT2D eigenvalue weighted by molar-refractivity contribution is 0.0610. The fourth-order valence-corrected chi connectivity index (χ4v) is 3.00. The summed E-state index contributed by atoms with van der Waals surface area (Å²) in [7, 11) is 0. The van der Waals surface area contributed by atoms with Crippen molar-refractivity contribution in [2.45, 2.75) is 29.9 Å². The summed E-state index contributed by atoms with van der Waals surface area (Å²) in [6.07, 6.45) is -0.0160. The number of aromatic nitrogens is 2. The molecule has 1 aromatic heterocycles. The van der Waals surface area contributed by atoms with Gasteiger partial charge in [0.05, 0.1) is 12.0 Å². The molecule has 2 aromatic rings. The van der Waals surface area contributed by atoms with Gasteiger partial charge in [0, 0.05) is 17.2 Å². The zero-order valence-corrected chi connectivity index (χ0v) is 12.5. The Morgan fingerprint density at radius 2 is 2.29 bits per heavy atom. The minimum Gasteiger partial charge on any atom is -0.480 e. The van der Waals surface area contributed by atoms with Gasteiger partial charge in [0.1, 0.15) is 5.75 Å². The normalized spacial score (nSPS) is 20.4. The lowest BCUT2D eigenvalue weighted by atomic mass is 10.0. The van der Waals surface area contributed by atoms with E-state index in [1.165, 1.54) is 0 Å². The quantitative estimate of drug-likeness (QED) is 0.884. The van der Waals surface area contributed by atoms with Crippen molar-refractivity contribution in [1.29, 1.82) is 0 Å².